The Morgan fingerprint density at radius 2 is 1.94 bits per heavy atom. The molecule has 1 aromatic heterocycles. The molecule has 0 radical (unpaired) electrons. The average molecular weight is 466 g/mol. The molecule has 0 aliphatic carbocycles. The van der Waals surface area contributed by atoms with Crippen LogP contribution in [-0.2, 0) is 17.8 Å². The van der Waals surface area contributed by atoms with E-state index in [2.05, 4.69) is 15.3 Å². The van der Waals surface area contributed by atoms with Gasteiger partial charge in [-0.25, -0.2) is 9.37 Å². The molecule has 0 fully saturated rings. The Hall–Kier alpha value is -4.41. The highest BCUT2D eigenvalue weighted by atomic mass is 19.1. The van der Waals surface area contributed by atoms with Crippen LogP contribution in [-0.4, -0.2) is 46.8 Å². The van der Waals surface area contributed by atoms with Gasteiger partial charge < -0.3 is 29.5 Å². The van der Waals surface area contributed by atoms with Gasteiger partial charge >= 0.3 is 5.97 Å². The summed E-state index contributed by atoms with van der Waals surface area (Å²) in [5.74, 6) is -0.651. The van der Waals surface area contributed by atoms with Crippen LogP contribution in [0, 0.1) is 5.82 Å². The first-order valence-electron chi connectivity index (χ1n) is 10.4. The quantitative estimate of drug-likeness (QED) is 0.540. The van der Waals surface area contributed by atoms with Crippen molar-refractivity contribution >= 4 is 23.5 Å². The van der Waals surface area contributed by atoms with Crippen molar-refractivity contribution in [2.24, 2.45) is 0 Å². The SMILES string of the molecule is O=C(O)CNC(=O)c1cnc(N2CCc3cc4c(cc32)OCO4)nc1OCc1ccc(F)cc1. The number of nitrogens with zero attached hydrogens (tertiary/aromatic N) is 3. The van der Waals surface area contributed by atoms with Crippen LogP contribution in [0.4, 0.5) is 16.0 Å². The maximum absolute atomic E-state index is 13.2. The van der Waals surface area contributed by atoms with E-state index in [1.165, 1.54) is 18.3 Å². The zero-order valence-electron chi connectivity index (χ0n) is 17.8. The summed E-state index contributed by atoms with van der Waals surface area (Å²) in [5.41, 5.74) is 2.55. The Kier molecular flexibility index (Phi) is 5.58. The third-order valence-electron chi connectivity index (χ3n) is 5.39. The van der Waals surface area contributed by atoms with Gasteiger partial charge in [0.15, 0.2) is 11.5 Å². The number of carbonyl (C=O) groups is 2. The first kappa shape index (κ1) is 21.4. The number of carboxylic acid groups (broad SMARTS) is 1. The molecule has 2 N–H and O–H groups in total. The number of ether oxygens (including phenoxy) is 3. The molecule has 0 saturated heterocycles. The smallest absolute Gasteiger partial charge is 0.322 e. The maximum atomic E-state index is 13.2. The molecule has 10 nitrogen and oxygen atoms in total. The number of halogens is 1. The molecule has 11 heteroatoms. The summed E-state index contributed by atoms with van der Waals surface area (Å²) in [6, 6.07) is 9.51. The topological polar surface area (TPSA) is 123 Å². The minimum Gasteiger partial charge on any atom is -0.480 e. The van der Waals surface area contributed by atoms with Crippen molar-refractivity contribution in [3.05, 3.63) is 65.1 Å². The largest absolute Gasteiger partial charge is 0.480 e. The van der Waals surface area contributed by atoms with E-state index in [1.807, 2.05) is 17.0 Å². The van der Waals surface area contributed by atoms with E-state index in [1.54, 1.807) is 12.1 Å². The van der Waals surface area contributed by atoms with E-state index in [4.69, 9.17) is 19.3 Å². The molecule has 3 aromatic rings. The second-order valence-corrected chi connectivity index (χ2v) is 7.62. The highest BCUT2D eigenvalue weighted by Crippen LogP contribution is 2.43. The van der Waals surface area contributed by atoms with Crippen molar-refractivity contribution in [1.29, 1.82) is 0 Å². The lowest BCUT2D eigenvalue weighted by molar-refractivity contribution is -0.135. The number of carboxylic acids is 1. The second-order valence-electron chi connectivity index (χ2n) is 7.62. The van der Waals surface area contributed by atoms with E-state index >= 15 is 0 Å². The summed E-state index contributed by atoms with van der Waals surface area (Å²) in [4.78, 5) is 34.1. The predicted octanol–water partition coefficient (Wildman–Crippen LogP) is 2.43. The minimum absolute atomic E-state index is 0.0165. The Morgan fingerprint density at radius 1 is 1.18 bits per heavy atom. The van der Waals surface area contributed by atoms with Gasteiger partial charge in [0.2, 0.25) is 18.6 Å². The summed E-state index contributed by atoms with van der Waals surface area (Å²) in [5, 5.41) is 11.2. The molecule has 3 heterocycles. The van der Waals surface area contributed by atoms with Crippen LogP contribution in [0.1, 0.15) is 21.5 Å². The van der Waals surface area contributed by atoms with Crippen LogP contribution in [0.15, 0.2) is 42.6 Å². The van der Waals surface area contributed by atoms with Gasteiger partial charge in [-0.2, -0.15) is 4.98 Å². The number of anilines is 2. The summed E-state index contributed by atoms with van der Waals surface area (Å²) in [6.45, 7) is 0.215. The summed E-state index contributed by atoms with van der Waals surface area (Å²) in [6.07, 6.45) is 2.03. The highest BCUT2D eigenvalue weighted by molar-refractivity contribution is 5.97. The van der Waals surface area contributed by atoms with Crippen molar-refractivity contribution < 1.29 is 33.3 Å². The van der Waals surface area contributed by atoms with Crippen molar-refractivity contribution in [3.63, 3.8) is 0 Å². The molecule has 0 bridgehead atoms. The van der Waals surface area contributed by atoms with Gasteiger partial charge in [-0.15, -0.1) is 0 Å². The van der Waals surface area contributed by atoms with Crippen LogP contribution >= 0.6 is 0 Å². The molecule has 2 aliphatic rings. The van der Waals surface area contributed by atoms with Crippen molar-refractivity contribution in [2.45, 2.75) is 13.0 Å². The summed E-state index contributed by atoms with van der Waals surface area (Å²) < 4.78 is 29.9. The summed E-state index contributed by atoms with van der Waals surface area (Å²) >= 11 is 0. The van der Waals surface area contributed by atoms with Crippen LogP contribution in [0.25, 0.3) is 0 Å². The zero-order valence-corrected chi connectivity index (χ0v) is 17.8. The highest BCUT2D eigenvalue weighted by Gasteiger charge is 2.28. The first-order valence-corrected chi connectivity index (χ1v) is 10.4. The van der Waals surface area contributed by atoms with E-state index in [0.29, 0.717) is 29.6 Å². The molecule has 0 atom stereocenters. The van der Waals surface area contributed by atoms with E-state index in [-0.39, 0.29) is 30.7 Å². The van der Waals surface area contributed by atoms with Crippen LogP contribution in [0.5, 0.6) is 17.4 Å². The molecular formula is C23H19FN4O6. The predicted molar refractivity (Wildman–Crippen MR) is 116 cm³/mol. The van der Waals surface area contributed by atoms with Gasteiger partial charge in [-0.3, -0.25) is 9.59 Å². The number of hydrogen-bond donors (Lipinski definition) is 2. The van der Waals surface area contributed by atoms with E-state index in [0.717, 1.165) is 17.7 Å². The molecule has 1 amide bonds. The van der Waals surface area contributed by atoms with Crippen molar-refractivity contribution in [1.82, 2.24) is 15.3 Å². The minimum atomic E-state index is -1.19. The number of carbonyl (C=O) groups excluding carboxylic acids is 1. The lowest BCUT2D eigenvalue weighted by atomic mass is 10.1. The van der Waals surface area contributed by atoms with E-state index in [9.17, 15) is 14.0 Å². The van der Waals surface area contributed by atoms with Crippen LogP contribution in [0.3, 0.4) is 0 Å². The van der Waals surface area contributed by atoms with Gasteiger partial charge in [-0.1, -0.05) is 12.1 Å². The molecule has 34 heavy (non-hydrogen) atoms. The fourth-order valence-corrected chi connectivity index (χ4v) is 3.72. The van der Waals surface area contributed by atoms with Crippen molar-refractivity contribution in [2.75, 3.05) is 24.8 Å². The first-order chi connectivity index (χ1) is 16.5. The average Bonchev–Trinajstić information content (AvgIpc) is 3.46. The molecule has 0 unspecified atom stereocenters. The third-order valence-corrected chi connectivity index (χ3v) is 5.39. The normalized spacial score (nSPS) is 13.5. The fourth-order valence-electron chi connectivity index (χ4n) is 3.72. The Bertz CT molecular complexity index is 1270. The molecular weight excluding hydrogens is 447 g/mol. The van der Waals surface area contributed by atoms with Crippen LogP contribution in [0.2, 0.25) is 0 Å². The number of amides is 1. The Morgan fingerprint density at radius 3 is 2.71 bits per heavy atom. The zero-order chi connectivity index (χ0) is 23.7. The molecule has 2 aliphatic heterocycles. The van der Waals surface area contributed by atoms with Gasteiger partial charge in [-0.05, 0) is 35.7 Å². The fraction of sp³-hybridized carbons (Fsp3) is 0.217. The molecule has 174 valence electrons. The van der Waals surface area contributed by atoms with E-state index < -0.39 is 18.4 Å². The number of nitrogens with one attached hydrogen (secondary N) is 1. The third kappa shape index (κ3) is 4.27. The Labute approximate surface area is 192 Å². The molecule has 0 spiro atoms. The lowest BCUT2D eigenvalue weighted by Crippen LogP contribution is -2.30. The number of aromatic nitrogens is 2. The van der Waals surface area contributed by atoms with Crippen LogP contribution < -0.4 is 24.4 Å². The number of hydrogen-bond acceptors (Lipinski definition) is 8. The Balaban J connectivity index is 1.45. The number of rotatable bonds is 7. The number of benzene rings is 2. The monoisotopic (exact) mass is 466 g/mol. The number of fused-ring (bicyclic) bond motifs is 2. The van der Waals surface area contributed by atoms with Gasteiger partial charge in [0, 0.05) is 18.8 Å². The molecule has 0 saturated carbocycles. The maximum Gasteiger partial charge on any atom is 0.322 e. The standard InChI is InChI=1S/C23H19FN4O6/c24-15-3-1-13(2-4-15)11-32-22-16(21(31)25-10-20(29)30)9-26-23(27-22)28-6-5-14-7-18-19(8-17(14)28)34-12-33-18/h1-4,7-9H,5-6,10-12H2,(H,25,31)(H,29,30). The number of aliphatic carboxylic acids is 1. The van der Waals surface area contributed by atoms with Gasteiger partial charge in [0.05, 0.1) is 5.69 Å². The van der Waals surface area contributed by atoms with Crippen molar-refractivity contribution in [3.8, 4) is 17.4 Å². The molecule has 2 aromatic carbocycles. The molecule has 5 rings (SSSR count). The second kappa shape index (κ2) is 8.85. The van der Waals surface area contributed by atoms with Gasteiger partial charge in [0.1, 0.15) is 24.5 Å². The summed E-state index contributed by atoms with van der Waals surface area (Å²) in [7, 11) is 0. The lowest BCUT2D eigenvalue weighted by Gasteiger charge is -2.19. The van der Waals surface area contributed by atoms with Gasteiger partial charge in [0.25, 0.3) is 5.91 Å².